The predicted molar refractivity (Wildman–Crippen MR) is 52.8 cm³/mol. The Morgan fingerprint density at radius 3 is 2.44 bits per heavy atom. The van der Waals surface area contributed by atoms with E-state index < -0.39 is 39.9 Å². The Balaban J connectivity index is 3.64. The van der Waals surface area contributed by atoms with Crippen LogP contribution in [0, 0.1) is 21.4 Å². The summed E-state index contributed by atoms with van der Waals surface area (Å²) in [4.78, 5) is 20.4. The fourth-order valence-electron chi connectivity index (χ4n) is 1.47. The lowest BCUT2D eigenvalue weighted by Crippen LogP contribution is -2.12. The number of aldehydes is 1. The molecule has 0 aliphatic carbocycles. The van der Waals surface area contributed by atoms with Crippen molar-refractivity contribution in [3.8, 4) is 6.07 Å². The Kier molecular flexibility index (Phi) is 3.66. The Bertz CT molecular complexity index is 547. The summed E-state index contributed by atoms with van der Waals surface area (Å²) in [6.07, 6.45) is -5.58. The highest BCUT2D eigenvalue weighted by molar-refractivity contribution is 5.82. The van der Waals surface area contributed by atoms with E-state index in [4.69, 9.17) is 5.26 Å². The van der Waals surface area contributed by atoms with Gasteiger partial charge in [0.05, 0.1) is 28.5 Å². The van der Waals surface area contributed by atoms with E-state index in [1.54, 1.807) is 0 Å². The minimum absolute atomic E-state index is 0.123. The third-order valence-corrected chi connectivity index (χ3v) is 2.21. The van der Waals surface area contributed by atoms with Crippen LogP contribution in [0.3, 0.4) is 0 Å². The molecule has 1 aromatic rings. The quantitative estimate of drug-likeness (QED) is 0.473. The molecule has 0 aliphatic heterocycles. The number of hydrogen-bond donors (Lipinski definition) is 0. The zero-order valence-electron chi connectivity index (χ0n) is 8.69. The first kappa shape index (κ1) is 13.6. The van der Waals surface area contributed by atoms with E-state index in [0.717, 1.165) is 0 Å². The van der Waals surface area contributed by atoms with Gasteiger partial charge in [0, 0.05) is 11.6 Å². The normalized spacial score (nSPS) is 10.8. The Morgan fingerprint density at radius 1 is 1.44 bits per heavy atom. The van der Waals surface area contributed by atoms with Gasteiger partial charge < -0.3 is 0 Å². The lowest BCUT2D eigenvalue weighted by atomic mass is 9.98. The standard InChI is InChI=1S/C10H5F3N2O3/c11-10(12,13)8-1-2-9(15(17)18)6(3-4-14)7(8)5-16/h1-2,5H,3H2. The van der Waals surface area contributed by atoms with Crippen molar-refractivity contribution < 1.29 is 22.9 Å². The zero-order valence-corrected chi connectivity index (χ0v) is 8.69. The Labute approximate surface area is 98.6 Å². The third-order valence-electron chi connectivity index (χ3n) is 2.21. The highest BCUT2D eigenvalue weighted by Crippen LogP contribution is 2.35. The van der Waals surface area contributed by atoms with Crippen molar-refractivity contribution in [2.45, 2.75) is 12.6 Å². The molecule has 18 heavy (non-hydrogen) atoms. The van der Waals surface area contributed by atoms with Crippen molar-refractivity contribution in [3.05, 3.63) is 38.9 Å². The van der Waals surface area contributed by atoms with E-state index in [9.17, 15) is 28.1 Å². The highest BCUT2D eigenvalue weighted by atomic mass is 19.4. The molecule has 0 N–H and O–H groups in total. The average Bonchev–Trinajstić information content (AvgIpc) is 2.27. The van der Waals surface area contributed by atoms with Gasteiger partial charge in [0.1, 0.15) is 0 Å². The fraction of sp³-hybridized carbons (Fsp3) is 0.200. The number of nitriles is 1. The number of nitro groups is 1. The highest BCUT2D eigenvalue weighted by Gasteiger charge is 2.36. The van der Waals surface area contributed by atoms with E-state index in [1.165, 1.54) is 6.07 Å². The first-order valence-electron chi connectivity index (χ1n) is 4.52. The van der Waals surface area contributed by atoms with E-state index in [-0.39, 0.29) is 6.29 Å². The topological polar surface area (TPSA) is 84.0 Å². The molecule has 0 spiro atoms. The van der Waals surface area contributed by atoms with Crippen LogP contribution in [0.25, 0.3) is 0 Å². The van der Waals surface area contributed by atoms with Crippen molar-refractivity contribution in [1.82, 2.24) is 0 Å². The van der Waals surface area contributed by atoms with Crippen LogP contribution in [0.15, 0.2) is 12.1 Å². The molecule has 1 rings (SSSR count). The summed E-state index contributed by atoms with van der Waals surface area (Å²) in [5, 5.41) is 19.1. The van der Waals surface area contributed by atoms with Crippen LogP contribution >= 0.6 is 0 Å². The molecule has 0 fully saturated rings. The van der Waals surface area contributed by atoms with Gasteiger partial charge in [-0.1, -0.05) is 0 Å². The van der Waals surface area contributed by atoms with Crippen LogP contribution in [-0.2, 0) is 12.6 Å². The number of carbonyl (C=O) groups is 1. The van der Waals surface area contributed by atoms with Gasteiger partial charge >= 0.3 is 6.18 Å². The Hall–Kier alpha value is -2.43. The van der Waals surface area contributed by atoms with Gasteiger partial charge in [-0.25, -0.2) is 0 Å². The first-order chi connectivity index (χ1) is 8.32. The number of halogens is 3. The van der Waals surface area contributed by atoms with Gasteiger partial charge in [-0.15, -0.1) is 0 Å². The van der Waals surface area contributed by atoms with Gasteiger partial charge in [-0.05, 0) is 6.07 Å². The summed E-state index contributed by atoms with van der Waals surface area (Å²) in [6.45, 7) is 0. The molecule has 8 heteroatoms. The summed E-state index contributed by atoms with van der Waals surface area (Å²) in [5.74, 6) is 0. The number of nitrogens with zero attached hydrogens (tertiary/aromatic N) is 2. The number of alkyl halides is 3. The zero-order chi connectivity index (χ0) is 13.9. The molecule has 0 heterocycles. The molecule has 0 saturated heterocycles. The Morgan fingerprint density at radius 2 is 2.06 bits per heavy atom. The van der Waals surface area contributed by atoms with E-state index >= 15 is 0 Å². The van der Waals surface area contributed by atoms with Gasteiger partial charge in [-0.3, -0.25) is 14.9 Å². The van der Waals surface area contributed by atoms with Crippen LogP contribution in [0.1, 0.15) is 21.5 Å². The summed E-state index contributed by atoms with van der Waals surface area (Å²) < 4.78 is 37.7. The van der Waals surface area contributed by atoms with Crippen molar-refractivity contribution in [2.75, 3.05) is 0 Å². The molecule has 0 atom stereocenters. The third kappa shape index (κ3) is 2.45. The lowest BCUT2D eigenvalue weighted by Gasteiger charge is -2.11. The maximum Gasteiger partial charge on any atom is 0.417 e. The largest absolute Gasteiger partial charge is 0.417 e. The second-order valence-electron chi connectivity index (χ2n) is 3.23. The number of nitro benzene ring substituents is 1. The second kappa shape index (κ2) is 4.83. The molecular formula is C10H5F3N2O3. The monoisotopic (exact) mass is 258 g/mol. The van der Waals surface area contributed by atoms with Gasteiger partial charge in [0.15, 0.2) is 6.29 Å². The molecule has 94 valence electrons. The first-order valence-corrected chi connectivity index (χ1v) is 4.52. The molecule has 5 nitrogen and oxygen atoms in total. The van der Waals surface area contributed by atoms with Crippen LogP contribution < -0.4 is 0 Å². The summed E-state index contributed by atoms with van der Waals surface area (Å²) in [7, 11) is 0. The van der Waals surface area contributed by atoms with Crippen LogP contribution in [0.5, 0.6) is 0 Å². The molecule has 0 amide bonds. The molecule has 1 aromatic carbocycles. The molecular weight excluding hydrogens is 253 g/mol. The van der Waals surface area contributed by atoms with E-state index in [2.05, 4.69) is 0 Å². The van der Waals surface area contributed by atoms with E-state index in [1.807, 2.05) is 0 Å². The van der Waals surface area contributed by atoms with Crippen LogP contribution in [-0.4, -0.2) is 11.2 Å². The molecule has 0 aromatic heterocycles. The summed E-state index contributed by atoms with van der Waals surface area (Å²) in [6, 6.07) is 2.60. The van der Waals surface area contributed by atoms with Crippen molar-refractivity contribution in [2.24, 2.45) is 0 Å². The maximum absolute atomic E-state index is 12.6. The van der Waals surface area contributed by atoms with Gasteiger partial charge in [0.25, 0.3) is 5.69 Å². The van der Waals surface area contributed by atoms with Crippen molar-refractivity contribution >= 4 is 12.0 Å². The summed E-state index contributed by atoms with van der Waals surface area (Å²) >= 11 is 0. The lowest BCUT2D eigenvalue weighted by molar-refractivity contribution is -0.385. The molecule has 0 aliphatic rings. The average molecular weight is 258 g/mol. The van der Waals surface area contributed by atoms with Gasteiger partial charge in [-0.2, -0.15) is 18.4 Å². The summed E-state index contributed by atoms with van der Waals surface area (Å²) in [5.41, 5.74) is -3.34. The fourth-order valence-corrected chi connectivity index (χ4v) is 1.47. The number of hydrogen-bond acceptors (Lipinski definition) is 4. The van der Waals surface area contributed by atoms with E-state index in [0.29, 0.717) is 12.1 Å². The molecule has 0 bridgehead atoms. The minimum Gasteiger partial charge on any atom is -0.298 e. The predicted octanol–water partition coefficient (Wildman–Crippen LogP) is 2.49. The SMILES string of the molecule is N#CCc1c([N+](=O)[O-])ccc(C(F)(F)F)c1C=O. The van der Waals surface area contributed by atoms with Crippen LogP contribution in [0.2, 0.25) is 0 Å². The second-order valence-corrected chi connectivity index (χ2v) is 3.23. The number of carbonyl (C=O) groups excluding carboxylic acids is 1. The maximum atomic E-state index is 12.6. The molecule has 0 unspecified atom stereocenters. The molecule has 0 radical (unpaired) electrons. The molecule has 0 saturated carbocycles. The van der Waals surface area contributed by atoms with Crippen molar-refractivity contribution in [1.29, 1.82) is 5.26 Å². The van der Waals surface area contributed by atoms with Crippen LogP contribution in [0.4, 0.5) is 18.9 Å². The van der Waals surface area contributed by atoms with Crippen molar-refractivity contribution in [3.63, 3.8) is 0 Å². The van der Waals surface area contributed by atoms with Gasteiger partial charge in [0.2, 0.25) is 0 Å². The smallest absolute Gasteiger partial charge is 0.298 e. The number of rotatable bonds is 3. The minimum atomic E-state index is -4.81. The number of benzene rings is 1.